The predicted octanol–water partition coefficient (Wildman–Crippen LogP) is -0.0561. The first-order chi connectivity index (χ1) is 9.56. The number of methoxy groups -OCH3 is 1. The molecule has 6 nitrogen and oxygen atoms in total. The van der Waals surface area contributed by atoms with Gasteiger partial charge in [0.05, 0.1) is 12.0 Å². The Morgan fingerprint density at radius 2 is 2.10 bits per heavy atom. The third-order valence-electron chi connectivity index (χ3n) is 3.54. The summed E-state index contributed by atoms with van der Waals surface area (Å²) in [5.74, 6) is 0.556. The van der Waals surface area contributed by atoms with Gasteiger partial charge in [-0.25, -0.2) is 13.1 Å². The SMILES string of the molecule is COc1ccc(S(=O)(=O)NC2CNCCC2CO)cc1. The highest BCUT2D eigenvalue weighted by atomic mass is 32.2. The average molecular weight is 300 g/mol. The van der Waals surface area contributed by atoms with E-state index in [-0.39, 0.29) is 23.5 Å². The van der Waals surface area contributed by atoms with Crippen LogP contribution in [0.2, 0.25) is 0 Å². The summed E-state index contributed by atoms with van der Waals surface area (Å²) >= 11 is 0. The van der Waals surface area contributed by atoms with Gasteiger partial charge in [0.15, 0.2) is 0 Å². The van der Waals surface area contributed by atoms with Crippen LogP contribution < -0.4 is 14.8 Å². The Labute approximate surface area is 119 Å². The van der Waals surface area contributed by atoms with E-state index in [0.29, 0.717) is 12.3 Å². The number of sulfonamides is 1. The first-order valence-corrected chi connectivity index (χ1v) is 8.03. The average Bonchev–Trinajstić information content (AvgIpc) is 2.47. The number of ether oxygens (including phenoxy) is 1. The lowest BCUT2D eigenvalue weighted by atomic mass is 9.94. The lowest BCUT2D eigenvalue weighted by molar-refractivity contribution is 0.171. The Balaban J connectivity index is 2.12. The van der Waals surface area contributed by atoms with Crippen molar-refractivity contribution in [3.8, 4) is 5.75 Å². The van der Waals surface area contributed by atoms with Gasteiger partial charge in [0, 0.05) is 25.1 Å². The molecule has 2 rings (SSSR count). The maximum atomic E-state index is 12.3. The molecular formula is C13H20N2O4S. The van der Waals surface area contributed by atoms with E-state index >= 15 is 0 Å². The van der Waals surface area contributed by atoms with Crippen molar-refractivity contribution in [3.63, 3.8) is 0 Å². The molecule has 1 fully saturated rings. The predicted molar refractivity (Wildman–Crippen MR) is 75.2 cm³/mol. The van der Waals surface area contributed by atoms with E-state index in [1.807, 2.05) is 0 Å². The Bertz CT molecular complexity index is 530. The topological polar surface area (TPSA) is 87.7 Å². The fourth-order valence-electron chi connectivity index (χ4n) is 2.29. The molecule has 1 aliphatic heterocycles. The summed E-state index contributed by atoms with van der Waals surface area (Å²) in [6.45, 7) is 1.31. The minimum absolute atomic E-state index is 0.0164. The number of rotatable bonds is 5. The smallest absolute Gasteiger partial charge is 0.240 e. The van der Waals surface area contributed by atoms with E-state index in [0.717, 1.165) is 13.0 Å². The molecule has 7 heteroatoms. The molecule has 1 aromatic carbocycles. The molecule has 1 aromatic rings. The lowest BCUT2D eigenvalue weighted by Crippen LogP contribution is -2.51. The van der Waals surface area contributed by atoms with Gasteiger partial charge < -0.3 is 15.2 Å². The van der Waals surface area contributed by atoms with Crippen LogP contribution in [0.4, 0.5) is 0 Å². The zero-order valence-corrected chi connectivity index (χ0v) is 12.2. The summed E-state index contributed by atoms with van der Waals surface area (Å²) in [4.78, 5) is 0.195. The van der Waals surface area contributed by atoms with Crippen molar-refractivity contribution >= 4 is 10.0 Å². The third kappa shape index (κ3) is 3.49. The molecule has 112 valence electrons. The van der Waals surface area contributed by atoms with Crippen molar-refractivity contribution < 1.29 is 18.3 Å². The Hall–Kier alpha value is -1.15. The van der Waals surface area contributed by atoms with Gasteiger partial charge in [-0.05, 0) is 37.2 Å². The van der Waals surface area contributed by atoms with Gasteiger partial charge in [-0.1, -0.05) is 0 Å². The number of benzene rings is 1. The molecule has 0 amide bonds. The first kappa shape index (κ1) is 15.2. The van der Waals surface area contributed by atoms with Crippen molar-refractivity contribution in [1.82, 2.24) is 10.0 Å². The highest BCUT2D eigenvalue weighted by Crippen LogP contribution is 2.18. The second-order valence-electron chi connectivity index (χ2n) is 4.84. The molecule has 2 atom stereocenters. The van der Waals surface area contributed by atoms with Crippen LogP contribution in [0.15, 0.2) is 29.2 Å². The lowest BCUT2D eigenvalue weighted by Gasteiger charge is -2.31. The van der Waals surface area contributed by atoms with Crippen LogP contribution in [0.1, 0.15) is 6.42 Å². The highest BCUT2D eigenvalue weighted by molar-refractivity contribution is 7.89. The normalized spacial score (nSPS) is 23.5. The molecule has 1 saturated heterocycles. The van der Waals surface area contributed by atoms with Crippen molar-refractivity contribution in [2.24, 2.45) is 5.92 Å². The van der Waals surface area contributed by atoms with E-state index in [4.69, 9.17) is 4.74 Å². The van der Waals surface area contributed by atoms with Crippen LogP contribution >= 0.6 is 0 Å². The molecule has 1 aliphatic rings. The number of aliphatic hydroxyl groups is 1. The number of hydrogen-bond acceptors (Lipinski definition) is 5. The van der Waals surface area contributed by atoms with E-state index < -0.39 is 10.0 Å². The fraction of sp³-hybridized carbons (Fsp3) is 0.538. The number of nitrogens with one attached hydrogen (secondary N) is 2. The monoisotopic (exact) mass is 300 g/mol. The summed E-state index contributed by atoms with van der Waals surface area (Å²) < 4.78 is 32.3. The van der Waals surface area contributed by atoms with Gasteiger partial charge in [0.2, 0.25) is 10.0 Å². The van der Waals surface area contributed by atoms with E-state index in [1.54, 1.807) is 12.1 Å². The Morgan fingerprint density at radius 1 is 1.40 bits per heavy atom. The van der Waals surface area contributed by atoms with Crippen LogP contribution in [-0.4, -0.2) is 46.4 Å². The Kier molecular flexibility index (Phi) is 4.98. The van der Waals surface area contributed by atoms with Crippen molar-refractivity contribution in [1.29, 1.82) is 0 Å². The van der Waals surface area contributed by atoms with Gasteiger partial charge in [0.25, 0.3) is 0 Å². The zero-order chi connectivity index (χ0) is 14.6. The maximum absolute atomic E-state index is 12.3. The summed E-state index contributed by atoms with van der Waals surface area (Å²) in [7, 11) is -2.06. The van der Waals surface area contributed by atoms with Crippen LogP contribution in [0.3, 0.4) is 0 Å². The summed E-state index contributed by atoms with van der Waals surface area (Å²) in [6.07, 6.45) is 0.756. The second kappa shape index (κ2) is 6.53. The minimum Gasteiger partial charge on any atom is -0.497 e. The van der Waals surface area contributed by atoms with Crippen LogP contribution in [0.25, 0.3) is 0 Å². The standard InChI is InChI=1S/C13H20N2O4S/c1-19-11-2-4-12(5-3-11)20(17,18)15-13-8-14-7-6-10(13)9-16/h2-5,10,13-16H,6-9H2,1H3. The summed E-state index contributed by atoms with van der Waals surface area (Å²) in [5.41, 5.74) is 0. The van der Waals surface area contributed by atoms with Crippen molar-refractivity contribution in [2.75, 3.05) is 26.8 Å². The molecule has 1 heterocycles. The third-order valence-corrected chi connectivity index (χ3v) is 5.04. The van der Waals surface area contributed by atoms with Crippen molar-refractivity contribution in [2.45, 2.75) is 17.4 Å². The first-order valence-electron chi connectivity index (χ1n) is 6.55. The maximum Gasteiger partial charge on any atom is 0.240 e. The molecule has 0 saturated carbocycles. The molecule has 0 aromatic heterocycles. The van der Waals surface area contributed by atoms with Gasteiger partial charge >= 0.3 is 0 Å². The van der Waals surface area contributed by atoms with Crippen LogP contribution in [0.5, 0.6) is 5.75 Å². The van der Waals surface area contributed by atoms with Gasteiger partial charge in [-0.3, -0.25) is 0 Å². The summed E-state index contributed by atoms with van der Waals surface area (Å²) in [5, 5.41) is 12.5. The molecule has 2 unspecified atom stereocenters. The Morgan fingerprint density at radius 3 is 2.70 bits per heavy atom. The molecule has 0 bridgehead atoms. The molecule has 0 radical (unpaired) electrons. The molecule has 0 spiro atoms. The number of piperidine rings is 1. The van der Waals surface area contributed by atoms with Gasteiger partial charge in [0.1, 0.15) is 5.75 Å². The molecule has 0 aliphatic carbocycles. The van der Waals surface area contributed by atoms with Crippen LogP contribution in [-0.2, 0) is 10.0 Å². The minimum atomic E-state index is -3.58. The number of hydrogen-bond donors (Lipinski definition) is 3. The molecular weight excluding hydrogens is 280 g/mol. The van der Waals surface area contributed by atoms with Crippen LogP contribution in [0, 0.1) is 5.92 Å². The zero-order valence-electron chi connectivity index (χ0n) is 11.4. The van der Waals surface area contributed by atoms with E-state index in [1.165, 1.54) is 19.2 Å². The molecule has 3 N–H and O–H groups in total. The van der Waals surface area contributed by atoms with Gasteiger partial charge in [-0.2, -0.15) is 0 Å². The highest BCUT2D eigenvalue weighted by Gasteiger charge is 2.28. The second-order valence-corrected chi connectivity index (χ2v) is 6.55. The quantitative estimate of drug-likeness (QED) is 0.709. The van der Waals surface area contributed by atoms with E-state index in [2.05, 4.69) is 10.0 Å². The molecule has 20 heavy (non-hydrogen) atoms. The fourth-order valence-corrected chi connectivity index (χ4v) is 3.60. The largest absolute Gasteiger partial charge is 0.497 e. The number of aliphatic hydroxyl groups excluding tert-OH is 1. The van der Waals surface area contributed by atoms with E-state index in [9.17, 15) is 13.5 Å². The van der Waals surface area contributed by atoms with Crippen molar-refractivity contribution in [3.05, 3.63) is 24.3 Å². The van der Waals surface area contributed by atoms with Gasteiger partial charge in [-0.15, -0.1) is 0 Å². The summed E-state index contributed by atoms with van der Waals surface area (Å²) in [6, 6.07) is 5.94.